The summed E-state index contributed by atoms with van der Waals surface area (Å²) in [6.07, 6.45) is -4.99. The van der Waals surface area contributed by atoms with E-state index in [0.29, 0.717) is 5.56 Å². The second kappa shape index (κ2) is 9.46. The van der Waals surface area contributed by atoms with Gasteiger partial charge in [-0.3, -0.25) is 14.0 Å². The molecular formula is C23H18F3N5O4. The van der Waals surface area contributed by atoms with Crippen LogP contribution in [0.2, 0.25) is 0 Å². The number of esters is 1. The van der Waals surface area contributed by atoms with Gasteiger partial charge < -0.3 is 9.57 Å². The van der Waals surface area contributed by atoms with Crippen LogP contribution in [0.15, 0.2) is 47.3 Å². The lowest BCUT2D eigenvalue weighted by molar-refractivity contribution is -0.143. The van der Waals surface area contributed by atoms with Gasteiger partial charge in [-0.25, -0.2) is 0 Å². The SMILES string of the molecule is CCOC(=O)CCc1nnc2c(=O)n(OCc3ccccc3)c3cc(C#N)c(C(F)(F)F)cc3n12. The van der Waals surface area contributed by atoms with Crippen LogP contribution >= 0.6 is 0 Å². The molecule has 180 valence electrons. The van der Waals surface area contributed by atoms with Crippen LogP contribution in [0.5, 0.6) is 0 Å². The van der Waals surface area contributed by atoms with E-state index in [-0.39, 0.29) is 48.6 Å². The molecule has 0 saturated carbocycles. The number of carbonyl (C=O) groups excluding carboxylic acids is 1. The summed E-state index contributed by atoms with van der Waals surface area (Å²) in [6, 6.07) is 12.0. The van der Waals surface area contributed by atoms with Gasteiger partial charge in [-0.2, -0.15) is 18.4 Å². The van der Waals surface area contributed by atoms with Crippen LogP contribution in [0.4, 0.5) is 13.2 Å². The molecule has 0 aliphatic heterocycles. The molecule has 4 rings (SSSR count). The zero-order valence-electron chi connectivity index (χ0n) is 18.4. The largest absolute Gasteiger partial charge is 0.466 e. The second-order valence-electron chi connectivity index (χ2n) is 7.43. The van der Waals surface area contributed by atoms with Gasteiger partial charge in [0, 0.05) is 6.42 Å². The summed E-state index contributed by atoms with van der Waals surface area (Å²) in [4.78, 5) is 30.7. The molecule has 0 aliphatic carbocycles. The summed E-state index contributed by atoms with van der Waals surface area (Å²) in [7, 11) is 0. The van der Waals surface area contributed by atoms with E-state index in [0.717, 1.165) is 21.3 Å². The first-order valence-corrected chi connectivity index (χ1v) is 10.5. The van der Waals surface area contributed by atoms with E-state index in [1.165, 1.54) is 6.07 Å². The molecule has 2 aromatic carbocycles. The van der Waals surface area contributed by atoms with Crippen molar-refractivity contribution in [1.82, 2.24) is 19.3 Å². The van der Waals surface area contributed by atoms with Crippen molar-refractivity contribution in [2.45, 2.75) is 32.5 Å². The fourth-order valence-corrected chi connectivity index (χ4v) is 3.60. The zero-order valence-corrected chi connectivity index (χ0v) is 18.4. The van der Waals surface area contributed by atoms with Crippen molar-refractivity contribution < 1.29 is 27.5 Å². The lowest BCUT2D eigenvalue weighted by Gasteiger charge is -2.16. The van der Waals surface area contributed by atoms with E-state index < -0.39 is 28.8 Å². The summed E-state index contributed by atoms with van der Waals surface area (Å²) in [5, 5.41) is 17.1. The topological polar surface area (TPSA) is 112 Å². The molecular weight excluding hydrogens is 467 g/mol. The number of hydrogen-bond acceptors (Lipinski definition) is 7. The van der Waals surface area contributed by atoms with Gasteiger partial charge in [0.1, 0.15) is 17.9 Å². The molecule has 9 nitrogen and oxygen atoms in total. The molecule has 0 fully saturated rings. The maximum Gasteiger partial charge on any atom is 0.417 e. The highest BCUT2D eigenvalue weighted by Crippen LogP contribution is 2.34. The molecule has 2 heterocycles. The fraction of sp³-hybridized carbons (Fsp3) is 0.261. The number of benzene rings is 2. The van der Waals surface area contributed by atoms with E-state index in [2.05, 4.69) is 10.2 Å². The third-order valence-electron chi connectivity index (χ3n) is 5.17. The van der Waals surface area contributed by atoms with Crippen LogP contribution in [-0.4, -0.2) is 31.9 Å². The van der Waals surface area contributed by atoms with Gasteiger partial charge in [-0.15, -0.1) is 14.9 Å². The Morgan fingerprint density at radius 3 is 2.54 bits per heavy atom. The standard InChI is InChI=1S/C23H18F3N5O4/c1-2-34-20(32)9-8-19-28-29-21-22(33)31(35-13-14-6-4-3-5-7-14)18-10-15(12-27)16(23(24,25)26)11-17(18)30(19)21/h3-7,10-11H,2,8-9,13H2,1H3. The molecule has 4 aromatic rings. The van der Waals surface area contributed by atoms with Crippen LogP contribution in [0, 0.1) is 11.3 Å². The Labute approximate surface area is 195 Å². The highest BCUT2D eigenvalue weighted by Gasteiger charge is 2.35. The molecule has 0 spiro atoms. The summed E-state index contributed by atoms with van der Waals surface area (Å²) in [6.45, 7) is 1.73. The van der Waals surface area contributed by atoms with Crippen LogP contribution in [-0.2, 0) is 28.7 Å². The number of aromatic nitrogens is 4. The Kier molecular flexibility index (Phi) is 6.42. The smallest absolute Gasteiger partial charge is 0.417 e. The third kappa shape index (κ3) is 4.65. The molecule has 0 bridgehead atoms. The van der Waals surface area contributed by atoms with Gasteiger partial charge in [0.25, 0.3) is 0 Å². The first-order chi connectivity index (χ1) is 16.7. The van der Waals surface area contributed by atoms with E-state index in [4.69, 9.17) is 9.57 Å². The highest BCUT2D eigenvalue weighted by atomic mass is 19.4. The third-order valence-corrected chi connectivity index (χ3v) is 5.17. The van der Waals surface area contributed by atoms with Crippen molar-refractivity contribution in [3.63, 3.8) is 0 Å². The van der Waals surface area contributed by atoms with Crippen LogP contribution in [0.3, 0.4) is 0 Å². The molecule has 0 saturated heterocycles. The van der Waals surface area contributed by atoms with Crippen LogP contribution < -0.4 is 10.4 Å². The summed E-state index contributed by atoms with van der Waals surface area (Å²) in [5.41, 5.74) is -2.43. The Bertz CT molecular complexity index is 1500. The maximum atomic E-state index is 13.7. The summed E-state index contributed by atoms with van der Waals surface area (Å²) < 4.78 is 48.0. The van der Waals surface area contributed by atoms with E-state index in [1.807, 2.05) is 0 Å². The number of ether oxygens (including phenoxy) is 1. The number of aryl methyl sites for hydroxylation is 1. The number of rotatable bonds is 7. The minimum Gasteiger partial charge on any atom is -0.466 e. The molecule has 0 unspecified atom stereocenters. The van der Waals surface area contributed by atoms with Gasteiger partial charge in [0.15, 0.2) is 0 Å². The maximum absolute atomic E-state index is 13.7. The van der Waals surface area contributed by atoms with Crippen molar-refractivity contribution in [3.05, 3.63) is 75.3 Å². The Hall–Kier alpha value is -4.40. The summed E-state index contributed by atoms with van der Waals surface area (Å²) >= 11 is 0. The first-order valence-electron chi connectivity index (χ1n) is 10.5. The number of alkyl halides is 3. The zero-order chi connectivity index (χ0) is 25.2. The molecule has 2 aromatic heterocycles. The number of halogens is 3. The number of nitriles is 1. The fourth-order valence-electron chi connectivity index (χ4n) is 3.60. The number of nitrogens with zero attached hydrogens (tertiary/aromatic N) is 5. The molecule has 35 heavy (non-hydrogen) atoms. The highest BCUT2D eigenvalue weighted by molar-refractivity contribution is 5.81. The number of carbonyl (C=O) groups is 1. The van der Waals surface area contributed by atoms with Gasteiger partial charge in [0.05, 0.1) is 35.7 Å². The van der Waals surface area contributed by atoms with Crippen molar-refractivity contribution >= 4 is 22.6 Å². The number of fused-ring (bicyclic) bond motifs is 3. The van der Waals surface area contributed by atoms with Crippen molar-refractivity contribution in [1.29, 1.82) is 5.26 Å². The quantitative estimate of drug-likeness (QED) is 0.370. The van der Waals surface area contributed by atoms with Gasteiger partial charge in [-0.05, 0) is 24.6 Å². The predicted molar refractivity (Wildman–Crippen MR) is 116 cm³/mol. The normalized spacial score (nSPS) is 11.5. The Morgan fingerprint density at radius 1 is 1.14 bits per heavy atom. The van der Waals surface area contributed by atoms with Crippen LogP contribution in [0.25, 0.3) is 16.7 Å². The van der Waals surface area contributed by atoms with Crippen molar-refractivity contribution in [2.75, 3.05) is 6.61 Å². The van der Waals surface area contributed by atoms with Gasteiger partial charge >= 0.3 is 17.7 Å². The lowest BCUT2D eigenvalue weighted by Crippen LogP contribution is -2.29. The average molecular weight is 485 g/mol. The minimum atomic E-state index is -4.84. The average Bonchev–Trinajstić information content (AvgIpc) is 3.26. The first kappa shape index (κ1) is 23.7. The van der Waals surface area contributed by atoms with E-state index in [9.17, 15) is 28.0 Å². The number of hydrogen-bond donors (Lipinski definition) is 0. The second-order valence-corrected chi connectivity index (χ2v) is 7.43. The van der Waals surface area contributed by atoms with Crippen LogP contribution in [0.1, 0.15) is 35.9 Å². The minimum absolute atomic E-state index is 0.0369. The molecule has 0 radical (unpaired) electrons. The molecule has 0 atom stereocenters. The molecule has 12 heteroatoms. The Morgan fingerprint density at radius 2 is 1.89 bits per heavy atom. The van der Waals surface area contributed by atoms with E-state index in [1.54, 1.807) is 37.3 Å². The molecule has 0 amide bonds. The van der Waals surface area contributed by atoms with Gasteiger partial charge in [0.2, 0.25) is 5.65 Å². The predicted octanol–water partition coefficient (Wildman–Crippen LogP) is 3.06. The molecule has 0 N–H and O–H groups in total. The molecule has 0 aliphatic rings. The van der Waals surface area contributed by atoms with Crippen molar-refractivity contribution in [3.8, 4) is 6.07 Å². The lowest BCUT2D eigenvalue weighted by atomic mass is 10.1. The van der Waals surface area contributed by atoms with Crippen molar-refractivity contribution in [2.24, 2.45) is 0 Å². The summed E-state index contributed by atoms with van der Waals surface area (Å²) in [5.74, 6) is -0.445. The van der Waals surface area contributed by atoms with Gasteiger partial charge in [-0.1, -0.05) is 30.3 Å². The Balaban J connectivity index is 1.94. The van der Waals surface area contributed by atoms with E-state index >= 15 is 0 Å². The monoisotopic (exact) mass is 485 g/mol.